The molecule has 3 aromatic rings. The van der Waals surface area contributed by atoms with E-state index in [1.54, 1.807) is 0 Å². The summed E-state index contributed by atoms with van der Waals surface area (Å²) in [6.07, 6.45) is 1.75. The zero-order valence-corrected chi connectivity index (χ0v) is 15.6. The molecule has 5 nitrogen and oxygen atoms in total. The zero-order valence-electron chi connectivity index (χ0n) is 14.8. The van der Waals surface area contributed by atoms with Crippen molar-refractivity contribution in [1.29, 1.82) is 0 Å². The van der Waals surface area contributed by atoms with E-state index in [4.69, 9.17) is 12.2 Å². The number of hydrogen-bond donors (Lipinski definition) is 3. The van der Waals surface area contributed by atoms with Gasteiger partial charge in [-0.2, -0.15) is 0 Å². The highest BCUT2D eigenvalue weighted by molar-refractivity contribution is 7.71. The number of hydrogen-bond acceptors (Lipinski definition) is 3. The van der Waals surface area contributed by atoms with Gasteiger partial charge < -0.3 is 15.3 Å². The number of carbonyl (C=O) groups is 1. The summed E-state index contributed by atoms with van der Waals surface area (Å²) < 4.78 is 14.2. The third-order valence-corrected chi connectivity index (χ3v) is 5.21. The molecule has 0 spiro atoms. The fourth-order valence-electron chi connectivity index (χ4n) is 3.63. The quantitative estimate of drug-likeness (QED) is 0.600. The molecule has 0 saturated carbocycles. The summed E-state index contributed by atoms with van der Waals surface area (Å²) in [5, 5.41) is 3.05. The molecule has 140 valence electrons. The third kappa shape index (κ3) is 4.09. The molecule has 2 heterocycles. The molecule has 0 aliphatic carbocycles. The molecule has 27 heavy (non-hydrogen) atoms. The molecule has 0 unspecified atom stereocenters. The number of piperidine rings is 1. The Morgan fingerprint density at radius 2 is 1.93 bits per heavy atom. The number of rotatable bonds is 4. The normalized spacial score (nSPS) is 15.9. The van der Waals surface area contributed by atoms with Crippen LogP contribution >= 0.6 is 12.2 Å². The molecule has 0 bridgehead atoms. The van der Waals surface area contributed by atoms with Crippen molar-refractivity contribution in [2.75, 3.05) is 13.1 Å². The van der Waals surface area contributed by atoms with Crippen LogP contribution in [0.3, 0.4) is 0 Å². The van der Waals surface area contributed by atoms with Crippen molar-refractivity contribution in [2.24, 2.45) is 0 Å². The Labute approximate surface area is 161 Å². The Balaban J connectivity index is 1.39. The second-order valence-electron chi connectivity index (χ2n) is 6.96. The molecular formula is C20H21FN4OS. The van der Waals surface area contributed by atoms with E-state index in [-0.39, 0.29) is 17.5 Å². The number of fused-ring (bicyclic) bond motifs is 1. The lowest BCUT2D eigenvalue weighted by atomic mass is 10.0. The van der Waals surface area contributed by atoms with Gasteiger partial charge in [-0.15, -0.1) is 0 Å². The van der Waals surface area contributed by atoms with E-state index in [2.05, 4.69) is 32.3 Å². The monoisotopic (exact) mass is 384 g/mol. The predicted molar refractivity (Wildman–Crippen MR) is 106 cm³/mol. The van der Waals surface area contributed by atoms with Gasteiger partial charge in [-0.25, -0.2) is 4.39 Å². The Morgan fingerprint density at radius 3 is 2.67 bits per heavy atom. The summed E-state index contributed by atoms with van der Waals surface area (Å²) in [5.74, 6) is -0.734. The third-order valence-electron chi connectivity index (χ3n) is 5.01. The van der Waals surface area contributed by atoms with Crippen LogP contribution in [-0.2, 0) is 6.54 Å². The van der Waals surface area contributed by atoms with Crippen LogP contribution < -0.4 is 5.32 Å². The summed E-state index contributed by atoms with van der Waals surface area (Å²) >= 11 is 5.06. The van der Waals surface area contributed by atoms with E-state index in [0.29, 0.717) is 15.8 Å². The second-order valence-corrected chi connectivity index (χ2v) is 7.37. The second kappa shape index (κ2) is 7.62. The molecule has 1 aliphatic heterocycles. The molecule has 0 atom stereocenters. The van der Waals surface area contributed by atoms with Crippen molar-refractivity contribution in [3.05, 3.63) is 64.2 Å². The molecule has 0 radical (unpaired) electrons. The molecule has 1 amide bonds. The lowest BCUT2D eigenvalue weighted by molar-refractivity contribution is 0.0910. The van der Waals surface area contributed by atoms with Gasteiger partial charge in [-0.1, -0.05) is 30.3 Å². The Bertz CT molecular complexity index is 1010. The van der Waals surface area contributed by atoms with Crippen LogP contribution in [0.25, 0.3) is 11.0 Å². The average molecular weight is 384 g/mol. The van der Waals surface area contributed by atoms with Gasteiger partial charge in [0.25, 0.3) is 5.91 Å². The van der Waals surface area contributed by atoms with E-state index in [1.807, 2.05) is 18.2 Å². The standard InChI is InChI=1S/C20H21FN4OS/c21-14-10-16(18-17(11-14)23-20(27)24-18)19(26)22-15-6-8-25(9-7-15)12-13-4-2-1-3-5-13/h1-5,10-11,15H,6-9,12H2,(H,22,26)(H2,23,24,27). The van der Waals surface area contributed by atoms with E-state index in [0.717, 1.165) is 32.5 Å². The molecule has 1 saturated heterocycles. The highest BCUT2D eigenvalue weighted by atomic mass is 32.1. The molecule has 1 aromatic heterocycles. The molecule has 7 heteroatoms. The van der Waals surface area contributed by atoms with E-state index in [1.165, 1.54) is 17.7 Å². The Hall–Kier alpha value is -2.51. The van der Waals surface area contributed by atoms with Crippen molar-refractivity contribution in [1.82, 2.24) is 20.2 Å². The number of imidazole rings is 1. The van der Waals surface area contributed by atoms with Crippen molar-refractivity contribution in [3.63, 3.8) is 0 Å². The number of halogens is 1. The fraction of sp³-hybridized carbons (Fsp3) is 0.300. The fourth-order valence-corrected chi connectivity index (χ4v) is 3.84. The van der Waals surface area contributed by atoms with Crippen LogP contribution in [0.1, 0.15) is 28.8 Å². The largest absolute Gasteiger partial charge is 0.349 e. The number of aromatic amines is 2. The molecule has 1 aliphatic rings. The number of nitrogens with one attached hydrogen (secondary N) is 3. The molecule has 4 rings (SSSR count). The van der Waals surface area contributed by atoms with E-state index >= 15 is 0 Å². The Kier molecular flexibility index (Phi) is 5.05. The first-order valence-corrected chi connectivity index (χ1v) is 9.48. The van der Waals surface area contributed by atoms with Gasteiger partial charge in [0.05, 0.1) is 16.6 Å². The predicted octanol–water partition coefficient (Wildman–Crippen LogP) is 3.76. The van der Waals surface area contributed by atoms with Gasteiger partial charge >= 0.3 is 0 Å². The first-order chi connectivity index (χ1) is 13.1. The van der Waals surface area contributed by atoms with Gasteiger partial charge in [0.2, 0.25) is 0 Å². The van der Waals surface area contributed by atoms with Crippen molar-refractivity contribution >= 4 is 29.2 Å². The minimum Gasteiger partial charge on any atom is -0.349 e. The van der Waals surface area contributed by atoms with Crippen molar-refractivity contribution < 1.29 is 9.18 Å². The number of likely N-dealkylation sites (tertiary alicyclic amines) is 1. The zero-order chi connectivity index (χ0) is 18.8. The Morgan fingerprint density at radius 1 is 1.19 bits per heavy atom. The van der Waals surface area contributed by atoms with Gasteiger partial charge in [0, 0.05) is 25.7 Å². The highest BCUT2D eigenvalue weighted by Crippen LogP contribution is 2.19. The van der Waals surface area contributed by atoms with Crippen LogP contribution in [0.4, 0.5) is 4.39 Å². The van der Waals surface area contributed by atoms with Crippen LogP contribution in [0.5, 0.6) is 0 Å². The van der Waals surface area contributed by atoms with Crippen LogP contribution in [0.15, 0.2) is 42.5 Å². The molecular weight excluding hydrogens is 363 g/mol. The summed E-state index contributed by atoms with van der Waals surface area (Å²) in [4.78, 5) is 20.9. The number of amides is 1. The maximum Gasteiger partial charge on any atom is 0.253 e. The van der Waals surface area contributed by atoms with Crippen molar-refractivity contribution in [2.45, 2.75) is 25.4 Å². The van der Waals surface area contributed by atoms with Gasteiger partial charge in [-0.05, 0) is 42.8 Å². The highest BCUT2D eigenvalue weighted by Gasteiger charge is 2.22. The molecule has 1 fully saturated rings. The maximum atomic E-state index is 13.8. The van der Waals surface area contributed by atoms with Gasteiger partial charge in [0.1, 0.15) is 5.82 Å². The van der Waals surface area contributed by atoms with E-state index in [9.17, 15) is 9.18 Å². The summed E-state index contributed by atoms with van der Waals surface area (Å²) in [6.45, 7) is 2.77. The van der Waals surface area contributed by atoms with Crippen LogP contribution in [0, 0.1) is 10.6 Å². The SMILES string of the molecule is O=C(NC1CCN(Cc2ccccc2)CC1)c1cc(F)cc2[nH]c(=S)[nH]c12. The lowest BCUT2D eigenvalue weighted by Gasteiger charge is -2.32. The number of carbonyl (C=O) groups excluding carboxylic acids is 1. The van der Waals surface area contributed by atoms with Gasteiger partial charge in [0.15, 0.2) is 4.77 Å². The number of benzene rings is 2. The smallest absolute Gasteiger partial charge is 0.253 e. The van der Waals surface area contributed by atoms with Gasteiger partial charge in [-0.3, -0.25) is 9.69 Å². The topological polar surface area (TPSA) is 63.9 Å². The minimum absolute atomic E-state index is 0.0877. The minimum atomic E-state index is -0.462. The lowest BCUT2D eigenvalue weighted by Crippen LogP contribution is -2.44. The number of aromatic nitrogens is 2. The van der Waals surface area contributed by atoms with Crippen molar-refractivity contribution in [3.8, 4) is 0 Å². The number of H-pyrrole nitrogens is 2. The maximum absolute atomic E-state index is 13.8. The first kappa shape index (κ1) is 17.9. The summed E-state index contributed by atoms with van der Waals surface area (Å²) in [7, 11) is 0. The number of nitrogens with zero attached hydrogens (tertiary/aromatic N) is 1. The average Bonchev–Trinajstić information content (AvgIpc) is 3.03. The summed E-state index contributed by atoms with van der Waals surface area (Å²) in [5.41, 5.74) is 2.62. The first-order valence-electron chi connectivity index (χ1n) is 9.07. The molecule has 3 N–H and O–H groups in total. The van der Waals surface area contributed by atoms with Crippen LogP contribution in [-0.4, -0.2) is 39.9 Å². The van der Waals surface area contributed by atoms with Crippen LogP contribution in [0.2, 0.25) is 0 Å². The van der Waals surface area contributed by atoms with E-state index < -0.39 is 5.82 Å². The summed E-state index contributed by atoms with van der Waals surface area (Å²) in [6, 6.07) is 13.0. The molecule has 2 aromatic carbocycles.